The van der Waals surface area contributed by atoms with E-state index in [2.05, 4.69) is 0 Å². The number of hydrogen-bond acceptors (Lipinski definition) is 6. The van der Waals surface area contributed by atoms with E-state index in [9.17, 15) is 14.7 Å². The fourth-order valence-electron chi connectivity index (χ4n) is 3.96. The molecule has 0 spiro atoms. The molecule has 0 unspecified atom stereocenters. The smallest absolute Gasteiger partial charge is 0.256 e. The zero-order valence-electron chi connectivity index (χ0n) is 16.8. The Labute approximate surface area is 165 Å². The fraction of sp³-hybridized carbons (Fsp3) is 0.600. The summed E-state index contributed by atoms with van der Waals surface area (Å²) in [6.45, 7) is 2.58. The Balaban J connectivity index is 1.73. The zero-order valence-corrected chi connectivity index (χ0v) is 16.8. The molecule has 0 aliphatic carbocycles. The Morgan fingerprint density at radius 1 is 1.14 bits per heavy atom. The molecule has 2 saturated heterocycles. The fourth-order valence-corrected chi connectivity index (χ4v) is 3.96. The van der Waals surface area contributed by atoms with Gasteiger partial charge in [0.1, 0.15) is 0 Å². The van der Waals surface area contributed by atoms with E-state index >= 15 is 0 Å². The van der Waals surface area contributed by atoms with E-state index in [-0.39, 0.29) is 24.9 Å². The summed E-state index contributed by atoms with van der Waals surface area (Å²) in [4.78, 5) is 30.3. The number of benzene rings is 1. The maximum Gasteiger partial charge on any atom is 0.256 e. The summed E-state index contributed by atoms with van der Waals surface area (Å²) in [6, 6.07) is 5.55. The maximum absolute atomic E-state index is 13.1. The molecule has 0 bridgehead atoms. The van der Waals surface area contributed by atoms with Crippen LogP contribution in [0.25, 0.3) is 0 Å². The number of likely N-dealkylation sites (N-methyl/N-ethyl adjacent to an activating group) is 1. The van der Waals surface area contributed by atoms with E-state index in [1.165, 1.54) is 0 Å². The largest absolute Gasteiger partial charge is 0.493 e. The number of carbonyl (C=O) groups is 2. The van der Waals surface area contributed by atoms with Crippen molar-refractivity contribution in [1.82, 2.24) is 14.7 Å². The van der Waals surface area contributed by atoms with Crippen LogP contribution in [0.2, 0.25) is 0 Å². The molecule has 0 radical (unpaired) electrons. The van der Waals surface area contributed by atoms with Crippen molar-refractivity contribution in [3.05, 3.63) is 23.8 Å². The van der Waals surface area contributed by atoms with Crippen molar-refractivity contribution in [1.29, 1.82) is 0 Å². The second kappa shape index (κ2) is 8.36. The number of hydrogen-bond donors (Lipinski definition) is 1. The standard InChI is InChI=1S/C20H29N3O5/c1-21-10-11-22(13-17(21)24)14-20(26)8-5-9-23(19(20)25)12-15-6-4-7-16(27-2)18(15)28-3/h4,6-7,26H,5,8-14H2,1-3H3/t20-/m0/s1. The first-order chi connectivity index (χ1) is 13.4. The van der Waals surface area contributed by atoms with Crippen molar-refractivity contribution < 1.29 is 24.2 Å². The minimum Gasteiger partial charge on any atom is -0.493 e. The number of aliphatic hydroxyl groups is 1. The summed E-state index contributed by atoms with van der Waals surface area (Å²) in [6.07, 6.45) is 1.11. The third-order valence-electron chi connectivity index (χ3n) is 5.57. The van der Waals surface area contributed by atoms with E-state index in [4.69, 9.17) is 9.47 Å². The minimum absolute atomic E-state index is 0.0103. The number of likely N-dealkylation sites (tertiary alicyclic amines) is 1. The summed E-state index contributed by atoms with van der Waals surface area (Å²) < 4.78 is 10.8. The summed E-state index contributed by atoms with van der Waals surface area (Å²) >= 11 is 0. The second-order valence-corrected chi connectivity index (χ2v) is 7.54. The van der Waals surface area contributed by atoms with Crippen LogP contribution < -0.4 is 9.47 Å². The lowest BCUT2D eigenvalue weighted by atomic mass is 9.90. The van der Waals surface area contributed by atoms with E-state index in [0.717, 1.165) is 5.56 Å². The molecule has 154 valence electrons. The van der Waals surface area contributed by atoms with Gasteiger partial charge in [0.2, 0.25) is 5.91 Å². The van der Waals surface area contributed by atoms with E-state index in [0.29, 0.717) is 50.5 Å². The number of piperazine rings is 1. The van der Waals surface area contributed by atoms with Crippen LogP contribution in [0.15, 0.2) is 18.2 Å². The topological polar surface area (TPSA) is 82.6 Å². The van der Waals surface area contributed by atoms with Gasteiger partial charge in [0.05, 0.1) is 20.8 Å². The minimum atomic E-state index is -1.47. The van der Waals surface area contributed by atoms with Crippen LogP contribution in [0.1, 0.15) is 18.4 Å². The van der Waals surface area contributed by atoms with Crippen LogP contribution in [0.3, 0.4) is 0 Å². The van der Waals surface area contributed by atoms with Crippen molar-refractivity contribution in [3.8, 4) is 11.5 Å². The van der Waals surface area contributed by atoms with Gasteiger partial charge >= 0.3 is 0 Å². The van der Waals surface area contributed by atoms with Crippen LogP contribution in [0.5, 0.6) is 11.5 Å². The first-order valence-corrected chi connectivity index (χ1v) is 9.56. The molecule has 2 amide bonds. The molecule has 1 aromatic rings. The number of methoxy groups -OCH3 is 2. The van der Waals surface area contributed by atoms with Gasteiger partial charge in [-0.15, -0.1) is 0 Å². The quantitative estimate of drug-likeness (QED) is 0.753. The molecule has 1 aromatic carbocycles. The number of carbonyl (C=O) groups excluding carboxylic acids is 2. The Morgan fingerprint density at radius 3 is 2.61 bits per heavy atom. The number of piperidine rings is 1. The van der Waals surface area contributed by atoms with Gasteiger partial charge in [-0.2, -0.15) is 0 Å². The lowest BCUT2D eigenvalue weighted by Gasteiger charge is -2.42. The molecule has 1 atom stereocenters. The summed E-state index contributed by atoms with van der Waals surface area (Å²) in [5.41, 5.74) is -0.644. The summed E-state index contributed by atoms with van der Waals surface area (Å²) in [5, 5.41) is 11.1. The van der Waals surface area contributed by atoms with Gasteiger partial charge < -0.3 is 24.4 Å². The van der Waals surface area contributed by atoms with Crippen molar-refractivity contribution in [2.45, 2.75) is 25.0 Å². The van der Waals surface area contributed by atoms with Crippen LogP contribution in [0.4, 0.5) is 0 Å². The lowest BCUT2D eigenvalue weighted by molar-refractivity contribution is -0.162. The summed E-state index contributed by atoms with van der Waals surface area (Å²) in [5.74, 6) is 0.915. The average molecular weight is 391 g/mol. The highest BCUT2D eigenvalue weighted by molar-refractivity contribution is 5.86. The third-order valence-corrected chi connectivity index (χ3v) is 5.57. The van der Waals surface area contributed by atoms with Crippen molar-refractivity contribution in [2.24, 2.45) is 0 Å². The van der Waals surface area contributed by atoms with Crippen molar-refractivity contribution in [2.75, 3.05) is 54.0 Å². The molecule has 28 heavy (non-hydrogen) atoms. The molecule has 8 heteroatoms. The van der Waals surface area contributed by atoms with Gasteiger partial charge in [0.25, 0.3) is 5.91 Å². The van der Waals surface area contributed by atoms with Gasteiger partial charge in [-0.25, -0.2) is 0 Å². The number of ether oxygens (including phenoxy) is 2. The van der Waals surface area contributed by atoms with Crippen molar-refractivity contribution in [3.63, 3.8) is 0 Å². The van der Waals surface area contributed by atoms with Crippen molar-refractivity contribution >= 4 is 11.8 Å². The Morgan fingerprint density at radius 2 is 1.93 bits per heavy atom. The second-order valence-electron chi connectivity index (χ2n) is 7.54. The van der Waals surface area contributed by atoms with Crippen LogP contribution in [-0.4, -0.2) is 91.2 Å². The van der Waals surface area contributed by atoms with Gasteiger partial charge in [0.15, 0.2) is 17.1 Å². The first kappa shape index (κ1) is 20.4. The molecule has 2 aliphatic heterocycles. The molecule has 0 saturated carbocycles. The molecule has 2 fully saturated rings. The predicted octanol–water partition coefficient (Wildman–Crippen LogP) is 0.331. The zero-order chi connectivity index (χ0) is 20.3. The molecular formula is C20H29N3O5. The predicted molar refractivity (Wildman–Crippen MR) is 103 cm³/mol. The number of para-hydroxylation sites is 1. The molecular weight excluding hydrogens is 362 g/mol. The molecule has 2 heterocycles. The highest BCUT2D eigenvalue weighted by Gasteiger charge is 2.44. The average Bonchev–Trinajstić information content (AvgIpc) is 2.68. The Bertz CT molecular complexity index is 741. The van der Waals surface area contributed by atoms with E-state index in [1.807, 2.05) is 17.0 Å². The highest BCUT2D eigenvalue weighted by Crippen LogP contribution is 2.33. The maximum atomic E-state index is 13.1. The Hall–Kier alpha value is -2.32. The SMILES string of the molecule is COc1cccc(CN2CCC[C@](O)(CN3CCN(C)C(=O)C3)C2=O)c1OC. The third kappa shape index (κ3) is 4.07. The Kier molecular flexibility index (Phi) is 6.10. The van der Waals surface area contributed by atoms with Crippen LogP contribution in [0, 0.1) is 0 Å². The number of rotatable bonds is 6. The van der Waals surface area contributed by atoms with Gasteiger partial charge in [-0.05, 0) is 18.9 Å². The number of β-amino-alcohol motifs (C(OH)–C–C–N with tert-alkyl or cyclic N) is 1. The van der Waals surface area contributed by atoms with Gasteiger partial charge in [-0.3, -0.25) is 14.5 Å². The number of amides is 2. The van der Waals surface area contributed by atoms with Crippen LogP contribution in [-0.2, 0) is 16.1 Å². The molecule has 0 aromatic heterocycles. The first-order valence-electron chi connectivity index (χ1n) is 9.56. The van der Waals surface area contributed by atoms with E-state index < -0.39 is 5.60 Å². The molecule has 3 rings (SSSR count). The van der Waals surface area contributed by atoms with Crippen LogP contribution >= 0.6 is 0 Å². The van der Waals surface area contributed by atoms with Gasteiger partial charge in [0, 0.05) is 45.3 Å². The number of nitrogens with zero attached hydrogens (tertiary/aromatic N) is 3. The monoisotopic (exact) mass is 391 g/mol. The molecule has 1 N–H and O–H groups in total. The van der Waals surface area contributed by atoms with E-state index in [1.54, 1.807) is 37.1 Å². The molecule has 2 aliphatic rings. The normalized spacial score (nSPS) is 23.9. The lowest BCUT2D eigenvalue weighted by Crippen LogP contribution is -2.61. The molecule has 8 nitrogen and oxygen atoms in total. The summed E-state index contributed by atoms with van der Waals surface area (Å²) in [7, 11) is 4.91. The highest BCUT2D eigenvalue weighted by atomic mass is 16.5. The van der Waals surface area contributed by atoms with Gasteiger partial charge in [-0.1, -0.05) is 12.1 Å².